The molecule has 0 radical (unpaired) electrons. The number of rotatable bonds is 6. The predicted molar refractivity (Wildman–Crippen MR) is 115 cm³/mol. The van der Waals surface area contributed by atoms with Gasteiger partial charge in [-0.1, -0.05) is 42.6 Å². The number of halogens is 1. The molecule has 150 valence electrons. The summed E-state index contributed by atoms with van der Waals surface area (Å²) in [5.74, 6) is 1.01. The predicted octanol–water partition coefficient (Wildman–Crippen LogP) is 4.52. The van der Waals surface area contributed by atoms with E-state index in [1.165, 1.54) is 31.0 Å². The van der Waals surface area contributed by atoms with Gasteiger partial charge >= 0.3 is 0 Å². The average molecular weight is 428 g/mol. The first-order valence-corrected chi connectivity index (χ1v) is 11.1. The van der Waals surface area contributed by atoms with Crippen molar-refractivity contribution >= 4 is 29.3 Å². The fraction of sp³-hybridized carbons (Fsp3) is 0.333. The maximum absolute atomic E-state index is 12.4. The second-order valence-electron chi connectivity index (χ2n) is 7.05. The molecule has 2 aromatic heterocycles. The molecule has 8 heteroatoms. The number of pyridine rings is 1. The molecule has 1 aliphatic carbocycles. The number of hydrogen-bond acceptors (Lipinski definition) is 5. The molecule has 0 bridgehead atoms. The zero-order valence-electron chi connectivity index (χ0n) is 15.9. The van der Waals surface area contributed by atoms with Crippen LogP contribution in [0, 0.1) is 0 Å². The SMILES string of the molecule is O=C(CSc1nnc(-c2cccnc2)n1-c1ccc(Cl)cc1)NC1CCCCC1. The van der Waals surface area contributed by atoms with Crippen LogP contribution in [0.2, 0.25) is 5.02 Å². The number of carbonyl (C=O) groups is 1. The largest absolute Gasteiger partial charge is 0.353 e. The summed E-state index contributed by atoms with van der Waals surface area (Å²) in [5, 5.41) is 13.2. The topological polar surface area (TPSA) is 72.7 Å². The molecule has 0 spiro atoms. The molecule has 2 heterocycles. The Morgan fingerprint density at radius 2 is 1.93 bits per heavy atom. The van der Waals surface area contributed by atoms with Gasteiger partial charge in [-0.2, -0.15) is 0 Å². The lowest BCUT2D eigenvalue weighted by atomic mass is 9.95. The minimum atomic E-state index is 0.0375. The van der Waals surface area contributed by atoms with Crippen molar-refractivity contribution in [3.63, 3.8) is 0 Å². The van der Waals surface area contributed by atoms with Gasteiger partial charge in [0, 0.05) is 34.7 Å². The van der Waals surface area contributed by atoms with E-state index in [1.807, 2.05) is 41.0 Å². The maximum Gasteiger partial charge on any atom is 0.230 e. The summed E-state index contributed by atoms with van der Waals surface area (Å²) in [5.41, 5.74) is 1.74. The summed E-state index contributed by atoms with van der Waals surface area (Å²) >= 11 is 7.44. The Kier molecular flexibility index (Phi) is 6.46. The number of carbonyl (C=O) groups excluding carboxylic acids is 1. The van der Waals surface area contributed by atoms with Gasteiger partial charge in [0.05, 0.1) is 5.75 Å². The number of amides is 1. The van der Waals surface area contributed by atoms with Crippen molar-refractivity contribution in [3.05, 3.63) is 53.8 Å². The number of benzene rings is 1. The highest BCUT2D eigenvalue weighted by Crippen LogP contribution is 2.28. The highest BCUT2D eigenvalue weighted by Gasteiger charge is 2.19. The van der Waals surface area contributed by atoms with Gasteiger partial charge in [0.1, 0.15) is 0 Å². The smallest absolute Gasteiger partial charge is 0.230 e. The molecule has 3 aromatic rings. The quantitative estimate of drug-likeness (QED) is 0.585. The van der Waals surface area contributed by atoms with Crippen LogP contribution in [-0.2, 0) is 4.79 Å². The van der Waals surface area contributed by atoms with Crippen LogP contribution in [0.4, 0.5) is 0 Å². The van der Waals surface area contributed by atoms with Crippen LogP contribution in [-0.4, -0.2) is 37.5 Å². The van der Waals surface area contributed by atoms with Gasteiger partial charge in [0.15, 0.2) is 11.0 Å². The van der Waals surface area contributed by atoms with E-state index in [4.69, 9.17) is 11.6 Å². The third-order valence-electron chi connectivity index (χ3n) is 4.94. The van der Waals surface area contributed by atoms with Gasteiger partial charge in [-0.15, -0.1) is 10.2 Å². The lowest BCUT2D eigenvalue weighted by Crippen LogP contribution is -2.37. The number of hydrogen-bond donors (Lipinski definition) is 1. The minimum Gasteiger partial charge on any atom is -0.353 e. The molecule has 1 amide bonds. The summed E-state index contributed by atoms with van der Waals surface area (Å²) in [7, 11) is 0. The van der Waals surface area contributed by atoms with Crippen molar-refractivity contribution < 1.29 is 4.79 Å². The molecular weight excluding hydrogens is 406 g/mol. The van der Waals surface area contributed by atoms with E-state index >= 15 is 0 Å². The van der Waals surface area contributed by atoms with Crippen LogP contribution in [0.25, 0.3) is 17.1 Å². The zero-order valence-corrected chi connectivity index (χ0v) is 17.5. The van der Waals surface area contributed by atoms with Gasteiger partial charge in [-0.05, 0) is 49.2 Å². The molecule has 1 N–H and O–H groups in total. The van der Waals surface area contributed by atoms with Crippen molar-refractivity contribution in [1.29, 1.82) is 0 Å². The normalized spacial score (nSPS) is 14.7. The minimum absolute atomic E-state index is 0.0375. The molecule has 1 aromatic carbocycles. The van der Waals surface area contributed by atoms with Crippen LogP contribution in [0.5, 0.6) is 0 Å². The Morgan fingerprint density at radius 3 is 2.66 bits per heavy atom. The van der Waals surface area contributed by atoms with Crippen LogP contribution >= 0.6 is 23.4 Å². The summed E-state index contributed by atoms with van der Waals surface area (Å²) in [6, 6.07) is 11.6. The van der Waals surface area contributed by atoms with Crippen LogP contribution in [0.3, 0.4) is 0 Å². The van der Waals surface area contributed by atoms with Crippen molar-refractivity contribution in [2.24, 2.45) is 0 Å². The van der Waals surface area contributed by atoms with Crippen molar-refractivity contribution in [2.75, 3.05) is 5.75 Å². The van der Waals surface area contributed by atoms with E-state index in [0.29, 0.717) is 27.8 Å². The van der Waals surface area contributed by atoms with Gasteiger partial charge in [-0.3, -0.25) is 14.3 Å². The van der Waals surface area contributed by atoms with Gasteiger partial charge in [-0.25, -0.2) is 0 Å². The third kappa shape index (κ3) is 4.97. The first kappa shape index (κ1) is 19.9. The second kappa shape index (κ2) is 9.41. The highest BCUT2D eigenvalue weighted by atomic mass is 35.5. The van der Waals surface area contributed by atoms with E-state index < -0.39 is 0 Å². The van der Waals surface area contributed by atoms with Gasteiger partial charge < -0.3 is 5.32 Å². The summed E-state index contributed by atoms with van der Waals surface area (Å²) in [6.07, 6.45) is 9.26. The number of nitrogens with one attached hydrogen (secondary N) is 1. The molecule has 1 aliphatic rings. The van der Waals surface area contributed by atoms with Crippen LogP contribution in [0.1, 0.15) is 32.1 Å². The van der Waals surface area contributed by atoms with E-state index in [9.17, 15) is 4.79 Å². The standard InChI is InChI=1S/C21H22ClN5OS/c22-16-8-10-18(11-9-16)27-20(15-5-4-12-23-13-15)25-26-21(27)29-14-19(28)24-17-6-2-1-3-7-17/h4-5,8-13,17H,1-3,6-7,14H2,(H,24,28). The molecule has 29 heavy (non-hydrogen) atoms. The monoisotopic (exact) mass is 427 g/mol. The van der Waals surface area contributed by atoms with Crippen molar-refractivity contribution in [1.82, 2.24) is 25.1 Å². The molecule has 0 saturated heterocycles. The van der Waals surface area contributed by atoms with Crippen LogP contribution in [0.15, 0.2) is 53.9 Å². The molecule has 0 aliphatic heterocycles. The lowest BCUT2D eigenvalue weighted by molar-refractivity contribution is -0.119. The van der Waals surface area contributed by atoms with E-state index in [0.717, 1.165) is 24.1 Å². The molecule has 0 unspecified atom stereocenters. The van der Waals surface area contributed by atoms with E-state index in [2.05, 4.69) is 20.5 Å². The van der Waals surface area contributed by atoms with Gasteiger partial charge in [0.25, 0.3) is 0 Å². The Balaban J connectivity index is 1.55. The Bertz CT molecular complexity index is 955. The maximum atomic E-state index is 12.4. The number of thioether (sulfide) groups is 1. The first-order valence-electron chi connectivity index (χ1n) is 9.74. The van der Waals surface area contributed by atoms with E-state index in [-0.39, 0.29) is 5.91 Å². The summed E-state index contributed by atoms with van der Waals surface area (Å²) in [6.45, 7) is 0. The molecule has 1 fully saturated rings. The molecule has 0 atom stereocenters. The van der Waals surface area contributed by atoms with E-state index in [1.54, 1.807) is 12.4 Å². The Labute approximate surface area is 179 Å². The Hall–Kier alpha value is -2.38. The van der Waals surface area contributed by atoms with Crippen molar-refractivity contribution in [2.45, 2.75) is 43.3 Å². The second-order valence-corrected chi connectivity index (χ2v) is 8.43. The summed E-state index contributed by atoms with van der Waals surface area (Å²) < 4.78 is 1.94. The molecular formula is C21H22ClN5OS. The fourth-order valence-corrected chi connectivity index (χ4v) is 4.40. The number of aromatic nitrogens is 4. The molecule has 1 saturated carbocycles. The molecule has 6 nitrogen and oxygen atoms in total. The third-order valence-corrected chi connectivity index (χ3v) is 6.12. The molecule has 4 rings (SSSR count). The fourth-order valence-electron chi connectivity index (χ4n) is 3.51. The summed E-state index contributed by atoms with van der Waals surface area (Å²) in [4.78, 5) is 16.6. The van der Waals surface area contributed by atoms with Crippen LogP contribution < -0.4 is 5.32 Å². The van der Waals surface area contributed by atoms with Gasteiger partial charge in [0.2, 0.25) is 5.91 Å². The Morgan fingerprint density at radius 1 is 1.14 bits per heavy atom. The zero-order chi connectivity index (χ0) is 20.1. The number of nitrogens with zero attached hydrogens (tertiary/aromatic N) is 4. The average Bonchev–Trinajstić information content (AvgIpc) is 3.18. The lowest BCUT2D eigenvalue weighted by Gasteiger charge is -2.22. The first-order chi connectivity index (χ1) is 14.2. The van der Waals surface area contributed by atoms with Crippen molar-refractivity contribution in [3.8, 4) is 17.1 Å². The highest BCUT2D eigenvalue weighted by molar-refractivity contribution is 7.99.